The van der Waals surface area contributed by atoms with Gasteiger partial charge in [0.05, 0.1) is 12.7 Å². The van der Waals surface area contributed by atoms with Crippen molar-refractivity contribution in [2.24, 2.45) is 0 Å². The first kappa shape index (κ1) is 16.6. The third-order valence-corrected chi connectivity index (χ3v) is 4.00. The molecular weight excluding hydrogens is 349 g/mol. The smallest absolute Gasteiger partial charge is 0.190 e. The van der Waals surface area contributed by atoms with E-state index in [-0.39, 0.29) is 11.6 Å². The number of ether oxygens (including phenoxy) is 1. The van der Waals surface area contributed by atoms with Crippen LogP contribution in [0, 0.1) is 5.82 Å². The highest BCUT2D eigenvalue weighted by molar-refractivity contribution is 5.76. The zero-order valence-electron chi connectivity index (χ0n) is 14.2. The second kappa shape index (κ2) is 6.79. The van der Waals surface area contributed by atoms with Crippen LogP contribution in [0.25, 0.3) is 28.2 Å². The van der Waals surface area contributed by atoms with Gasteiger partial charge in [0.25, 0.3) is 0 Å². The molecule has 0 atom stereocenters. The first-order chi connectivity index (χ1) is 13.2. The lowest BCUT2D eigenvalue weighted by atomic mass is 10.1. The number of rotatable bonds is 4. The third-order valence-electron chi connectivity index (χ3n) is 4.00. The molecule has 27 heavy (non-hydrogen) atoms. The molecule has 0 aliphatic heterocycles. The van der Waals surface area contributed by atoms with E-state index in [0.29, 0.717) is 17.1 Å². The zero-order chi connectivity index (χ0) is 18.8. The second-order valence-electron chi connectivity index (χ2n) is 5.60. The van der Waals surface area contributed by atoms with Gasteiger partial charge in [0, 0.05) is 29.7 Å². The van der Waals surface area contributed by atoms with Gasteiger partial charge in [-0.2, -0.15) is 4.68 Å². The van der Waals surface area contributed by atoms with E-state index in [0.717, 1.165) is 11.1 Å². The maximum Gasteiger partial charge on any atom is 0.190 e. The van der Waals surface area contributed by atoms with Crippen LogP contribution in [0.15, 0.2) is 55.0 Å². The van der Waals surface area contributed by atoms with Crippen molar-refractivity contribution < 1.29 is 9.13 Å². The van der Waals surface area contributed by atoms with Crippen LogP contribution in [0.2, 0.25) is 0 Å². The average molecular weight is 363 g/mol. The molecule has 0 unspecified atom stereocenters. The van der Waals surface area contributed by atoms with Crippen LogP contribution >= 0.6 is 0 Å². The van der Waals surface area contributed by atoms with Gasteiger partial charge in [0.2, 0.25) is 0 Å². The molecule has 4 aromatic rings. The summed E-state index contributed by atoms with van der Waals surface area (Å²) >= 11 is 0. The maximum absolute atomic E-state index is 14.1. The van der Waals surface area contributed by atoms with Crippen molar-refractivity contribution >= 4 is 5.82 Å². The van der Waals surface area contributed by atoms with Crippen LogP contribution < -0.4 is 10.5 Å². The highest BCUT2D eigenvalue weighted by Crippen LogP contribution is 2.32. The van der Waals surface area contributed by atoms with E-state index in [2.05, 4.69) is 25.5 Å². The Morgan fingerprint density at radius 1 is 1.11 bits per heavy atom. The van der Waals surface area contributed by atoms with E-state index in [1.54, 1.807) is 30.7 Å². The number of nitrogen functional groups attached to an aromatic ring is 1. The first-order valence-electron chi connectivity index (χ1n) is 7.96. The Kier molecular flexibility index (Phi) is 4.17. The number of benzene rings is 1. The highest BCUT2D eigenvalue weighted by Gasteiger charge is 2.19. The molecule has 134 valence electrons. The van der Waals surface area contributed by atoms with Crippen molar-refractivity contribution in [2.45, 2.75) is 0 Å². The first-order valence-corrected chi connectivity index (χ1v) is 7.96. The van der Waals surface area contributed by atoms with Gasteiger partial charge in [0.1, 0.15) is 11.5 Å². The lowest BCUT2D eigenvalue weighted by Gasteiger charge is -2.11. The van der Waals surface area contributed by atoms with Crippen molar-refractivity contribution in [3.05, 3.63) is 60.8 Å². The SMILES string of the molecule is COc1c(F)cccc1-n1nnnc1-c1cc(-c2cccnc2)cnc1N. The number of pyridine rings is 2. The summed E-state index contributed by atoms with van der Waals surface area (Å²) in [4.78, 5) is 8.35. The van der Waals surface area contributed by atoms with Crippen LogP contribution in [-0.2, 0) is 0 Å². The summed E-state index contributed by atoms with van der Waals surface area (Å²) in [5.41, 5.74) is 8.59. The lowest BCUT2D eigenvalue weighted by molar-refractivity contribution is 0.383. The molecule has 4 rings (SSSR count). The van der Waals surface area contributed by atoms with Crippen LogP contribution in [0.1, 0.15) is 0 Å². The number of hydrogen-bond acceptors (Lipinski definition) is 7. The van der Waals surface area contributed by atoms with Crippen molar-refractivity contribution in [1.82, 2.24) is 30.2 Å². The Labute approximate surface area is 153 Å². The summed E-state index contributed by atoms with van der Waals surface area (Å²) in [6.45, 7) is 0. The average Bonchev–Trinajstić information content (AvgIpc) is 3.18. The predicted octanol–water partition coefficient (Wildman–Crippen LogP) is 2.52. The molecule has 3 aromatic heterocycles. The van der Waals surface area contributed by atoms with Gasteiger partial charge >= 0.3 is 0 Å². The minimum Gasteiger partial charge on any atom is -0.492 e. The molecule has 0 fully saturated rings. The van der Waals surface area contributed by atoms with Crippen LogP contribution in [0.5, 0.6) is 5.75 Å². The number of tetrazole rings is 1. The molecule has 0 aliphatic rings. The Morgan fingerprint density at radius 2 is 2.00 bits per heavy atom. The molecule has 0 radical (unpaired) electrons. The molecule has 0 saturated carbocycles. The molecule has 8 nitrogen and oxygen atoms in total. The Morgan fingerprint density at radius 3 is 2.78 bits per heavy atom. The van der Waals surface area contributed by atoms with Gasteiger partial charge in [0.15, 0.2) is 17.4 Å². The topological polar surface area (TPSA) is 105 Å². The van der Waals surface area contributed by atoms with Gasteiger partial charge in [-0.1, -0.05) is 12.1 Å². The molecule has 0 spiro atoms. The number of halogens is 1. The number of para-hydroxylation sites is 1. The summed E-state index contributed by atoms with van der Waals surface area (Å²) in [5.74, 6) is 0.0661. The number of nitrogens with two attached hydrogens (primary N) is 1. The number of methoxy groups -OCH3 is 1. The van der Waals surface area contributed by atoms with Crippen molar-refractivity contribution in [3.8, 4) is 34.0 Å². The maximum atomic E-state index is 14.1. The minimum absolute atomic E-state index is 0.0287. The molecule has 3 heterocycles. The summed E-state index contributed by atoms with van der Waals surface area (Å²) in [6.07, 6.45) is 5.05. The number of nitrogens with zero attached hydrogens (tertiary/aromatic N) is 6. The van der Waals surface area contributed by atoms with Crippen LogP contribution in [0.4, 0.5) is 10.2 Å². The van der Waals surface area contributed by atoms with E-state index in [4.69, 9.17) is 10.5 Å². The fourth-order valence-electron chi connectivity index (χ4n) is 2.73. The Bertz CT molecular complexity index is 1100. The van der Waals surface area contributed by atoms with Crippen molar-refractivity contribution in [3.63, 3.8) is 0 Å². The summed E-state index contributed by atoms with van der Waals surface area (Å²) < 4.78 is 20.6. The quantitative estimate of drug-likeness (QED) is 0.594. The lowest BCUT2D eigenvalue weighted by Crippen LogP contribution is -2.05. The van der Waals surface area contributed by atoms with E-state index in [9.17, 15) is 4.39 Å². The molecule has 1 aromatic carbocycles. The number of anilines is 1. The third kappa shape index (κ3) is 2.95. The molecule has 0 aliphatic carbocycles. The summed E-state index contributed by atoms with van der Waals surface area (Å²) in [5, 5.41) is 11.7. The fraction of sp³-hybridized carbons (Fsp3) is 0.0556. The highest BCUT2D eigenvalue weighted by atomic mass is 19.1. The predicted molar refractivity (Wildman–Crippen MR) is 96.5 cm³/mol. The largest absolute Gasteiger partial charge is 0.492 e. The van der Waals surface area contributed by atoms with Gasteiger partial charge in [-0.05, 0) is 34.7 Å². The number of aromatic nitrogens is 6. The summed E-state index contributed by atoms with van der Waals surface area (Å²) in [7, 11) is 1.38. The fourth-order valence-corrected chi connectivity index (χ4v) is 2.73. The standard InChI is InChI=1S/C18H14FN7O/c1-27-16-14(19)5-2-6-15(16)26-18(23-24-25-26)13-8-12(10-22-17(13)20)11-4-3-7-21-9-11/h2-10H,1H3,(H2,20,22). The van der Waals surface area contributed by atoms with Gasteiger partial charge in [-0.15, -0.1) is 5.10 Å². The molecular formula is C18H14FN7O. The normalized spacial score (nSPS) is 10.7. The molecule has 0 amide bonds. The van der Waals surface area contributed by atoms with E-state index < -0.39 is 5.82 Å². The molecule has 0 bridgehead atoms. The second-order valence-corrected chi connectivity index (χ2v) is 5.60. The number of hydrogen-bond donors (Lipinski definition) is 1. The van der Waals surface area contributed by atoms with Crippen molar-refractivity contribution in [2.75, 3.05) is 12.8 Å². The zero-order valence-corrected chi connectivity index (χ0v) is 14.2. The van der Waals surface area contributed by atoms with Gasteiger partial charge < -0.3 is 10.5 Å². The molecule has 9 heteroatoms. The van der Waals surface area contributed by atoms with Gasteiger partial charge in [-0.3, -0.25) is 4.98 Å². The van der Waals surface area contributed by atoms with E-state index in [1.807, 2.05) is 18.2 Å². The Hall–Kier alpha value is -3.88. The minimum atomic E-state index is -0.522. The van der Waals surface area contributed by atoms with Crippen LogP contribution in [0.3, 0.4) is 0 Å². The molecule has 2 N–H and O–H groups in total. The molecule has 0 saturated heterocycles. The summed E-state index contributed by atoms with van der Waals surface area (Å²) in [6, 6.07) is 10.0. The van der Waals surface area contributed by atoms with E-state index >= 15 is 0 Å². The van der Waals surface area contributed by atoms with E-state index in [1.165, 1.54) is 17.9 Å². The monoisotopic (exact) mass is 363 g/mol. The Balaban J connectivity index is 1.88. The van der Waals surface area contributed by atoms with Gasteiger partial charge in [-0.25, -0.2) is 9.37 Å². The van der Waals surface area contributed by atoms with Crippen molar-refractivity contribution in [1.29, 1.82) is 0 Å². The van der Waals surface area contributed by atoms with Crippen LogP contribution in [-0.4, -0.2) is 37.3 Å².